The topological polar surface area (TPSA) is 66.4 Å². The Morgan fingerprint density at radius 2 is 1.61 bits per heavy atom. The molecule has 0 radical (unpaired) electrons. The number of rotatable bonds is 5. The maximum Gasteiger partial charge on any atom is 0.312 e. The van der Waals surface area contributed by atoms with Crippen molar-refractivity contribution in [3.63, 3.8) is 0 Å². The number of piperazine rings is 1. The SMILES string of the molecule is O=C1C(=O)N([C@@H]2CC[C@H](c3ccccc3)C2)CCN1Cc1nnc(-c2ccccc2)s1. The zero-order valence-corrected chi connectivity index (χ0v) is 18.0. The normalized spacial score (nSPS) is 21.7. The molecule has 31 heavy (non-hydrogen) atoms. The van der Waals surface area contributed by atoms with Crippen molar-refractivity contribution in [3.05, 3.63) is 71.2 Å². The molecular formula is C24H24N4O2S. The fraction of sp³-hybridized carbons (Fsp3) is 0.333. The van der Waals surface area contributed by atoms with E-state index in [1.165, 1.54) is 16.9 Å². The van der Waals surface area contributed by atoms with Gasteiger partial charge in [-0.1, -0.05) is 72.0 Å². The highest BCUT2D eigenvalue weighted by atomic mass is 32.1. The number of carbonyl (C=O) groups excluding carboxylic acids is 2. The van der Waals surface area contributed by atoms with Gasteiger partial charge in [-0.2, -0.15) is 0 Å². The number of hydrogen-bond donors (Lipinski definition) is 0. The van der Waals surface area contributed by atoms with Gasteiger partial charge in [-0.05, 0) is 30.7 Å². The predicted molar refractivity (Wildman–Crippen MR) is 119 cm³/mol. The van der Waals surface area contributed by atoms with Crippen molar-refractivity contribution in [3.8, 4) is 10.6 Å². The van der Waals surface area contributed by atoms with Crippen LogP contribution in [0.4, 0.5) is 0 Å². The van der Waals surface area contributed by atoms with Crippen LogP contribution in [0, 0.1) is 0 Å². The lowest BCUT2D eigenvalue weighted by molar-refractivity contribution is -0.158. The van der Waals surface area contributed by atoms with E-state index in [9.17, 15) is 9.59 Å². The van der Waals surface area contributed by atoms with Crippen LogP contribution < -0.4 is 0 Å². The summed E-state index contributed by atoms with van der Waals surface area (Å²) < 4.78 is 0. The molecule has 2 heterocycles. The number of benzene rings is 2. The standard InChI is InChI=1S/C24H24N4O2S/c29-23-24(30)28(20-12-11-19(15-20)17-7-3-1-4-8-17)14-13-27(23)16-21-25-26-22(31-21)18-9-5-2-6-10-18/h1-10,19-20H,11-16H2/t19-,20+/m0/s1. The summed E-state index contributed by atoms with van der Waals surface area (Å²) >= 11 is 1.47. The summed E-state index contributed by atoms with van der Waals surface area (Å²) in [5, 5.41) is 10.1. The Kier molecular flexibility index (Phi) is 5.51. The van der Waals surface area contributed by atoms with E-state index in [4.69, 9.17) is 0 Å². The van der Waals surface area contributed by atoms with Gasteiger partial charge in [0.15, 0.2) is 0 Å². The molecule has 1 aromatic heterocycles. The Labute approximate surface area is 185 Å². The summed E-state index contributed by atoms with van der Waals surface area (Å²) in [5.41, 5.74) is 2.33. The molecule has 2 atom stereocenters. The monoisotopic (exact) mass is 432 g/mol. The zero-order chi connectivity index (χ0) is 21.2. The number of hydrogen-bond acceptors (Lipinski definition) is 5. The van der Waals surface area contributed by atoms with Gasteiger partial charge >= 0.3 is 11.8 Å². The number of aromatic nitrogens is 2. The van der Waals surface area contributed by atoms with Crippen LogP contribution in [-0.4, -0.2) is 50.9 Å². The lowest BCUT2D eigenvalue weighted by atomic mass is 9.97. The highest BCUT2D eigenvalue weighted by molar-refractivity contribution is 7.14. The third-order valence-electron chi connectivity index (χ3n) is 6.27. The molecule has 2 amide bonds. The third-order valence-corrected chi connectivity index (χ3v) is 7.23. The predicted octanol–water partition coefficient (Wildman–Crippen LogP) is 3.71. The molecule has 1 saturated heterocycles. The van der Waals surface area contributed by atoms with Crippen LogP contribution in [0.2, 0.25) is 0 Å². The number of amides is 2. The summed E-state index contributed by atoms with van der Waals surface area (Å²) in [5.74, 6) is -0.339. The Morgan fingerprint density at radius 1 is 0.871 bits per heavy atom. The Morgan fingerprint density at radius 3 is 2.39 bits per heavy atom. The van der Waals surface area contributed by atoms with Gasteiger partial charge in [-0.3, -0.25) is 9.59 Å². The van der Waals surface area contributed by atoms with E-state index in [-0.39, 0.29) is 11.9 Å². The molecule has 0 N–H and O–H groups in total. The number of nitrogens with zero attached hydrogens (tertiary/aromatic N) is 4. The molecule has 5 rings (SSSR count). The molecule has 1 saturated carbocycles. The fourth-order valence-electron chi connectivity index (χ4n) is 4.64. The smallest absolute Gasteiger partial charge is 0.312 e. The van der Waals surface area contributed by atoms with E-state index >= 15 is 0 Å². The molecule has 1 aliphatic carbocycles. The first-order valence-corrected chi connectivity index (χ1v) is 11.5. The average molecular weight is 433 g/mol. The lowest BCUT2D eigenvalue weighted by Crippen LogP contribution is -2.56. The summed E-state index contributed by atoms with van der Waals surface area (Å²) in [6, 6.07) is 20.5. The van der Waals surface area contributed by atoms with E-state index in [1.807, 2.05) is 36.4 Å². The highest BCUT2D eigenvalue weighted by Crippen LogP contribution is 2.37. The van der Waals surface area contributed by atoms with Crippen molar-refractivity contribution < 1.29 is 9.59 Å². The Hall–Kier alpha value is -3.06. The Bertz CT molecular complexity index is 1070. The van der Waals surface area contributed by atoms with E-state index in [2.05, 4.69) is 34.5 Å². The third kappa shape index (κ3) is 4.10. The molecule has 0 bridgehead atoms. The van der Waals surface area contributed by atoms with Crippen molar-refractivity contribution in [2.75, 3.05) is 13.1 Å². The maximum absolute atomic E-state index is 12.9. The first kappa shape index (κ1) is 19.9. The average Bonchev–Trinajstić information content (AvgIpc) is 3.49. The van der Waals surface area contributed by atoms with E-state index in [1.54, 1.807) is 9.80 Å². The molecule has 2 aromatic carbocycles. The fourth-order valence-corrected chi connectivity index (χ4v) is 5.50. The highest BCUT2D eigenvalue weighted by Gasteiger charge is 2.39. The van der Waals surface area contributed by atoms with Crippen LogP contribution in [0.1, 0.15) is 35.8 Å². The number of carbonyl (C=O) groups is 2. The molecule has 2 aliphatic rings. The van der Waals surface area contributed by atoms with Crippen molar-refractivity contribution in [1.82, 2.24) is 20.0 Å². The second kappa shape index (κ2) is 8.59. The van der Waals surface area contributed by atoms with Crippen LogP contribution in [0.25, 0.3) is 10.6 Å². The van der Waals surface area contributed by atoms with Crippen LogP contribution in [0.15, 0.2) is 60.7 Å². The first-order chi connectivity index (χ1) is 15.2. The van der Waals surface area contributed by atoms with E-state index in [0.717, 1.165) is 34.8 Å². The van der Waals surface area contributed by atoms with Crippen LogP contribution in [0.5, 0.6) is 0 Å². The molecular weight excluding hydrogens is 408 g/mol. The largest absolute Gasteiger partial charge is 0.330 e. The quantitative estimate of drug-likeness (QED) is 0.577. The zero-order valence-electron chi connectivity index (χ0n) is 17.2. The van der Waals surface area contributed by atoms with Crippen LogP contribution in [-0.2, 0) is 16.1 Å². The maximum atomic E-state index is 12.9. The summed E-state index contributed by atoms with van der Waals surface area (Å²) in [6.07, 6.45) is 2.94. The van der Waals surface area contributed by atoms with Gasteiger partial charge in [0.05, 0.1) is 6.54 Å². The minimum absolute atomic E-state index is 0.148. The molecule has 6 nitrogen and oxygen atoms in total. The van der Waals surface area contributed by atoms with Crippen molar-refractivity contribution in [1.29, 1.82) is 0 Å². The van der Waals surface area contributed by atoms with E-state index in [0.29, 0.717) is 25.6 Å². The van der Waals surface area contributed by atoms with Crippen molar-refractivity contribution in [2.24, 2.45) is 0 Å². The lowest BCUT2D eigenvalue weighted by Gasteiger charge is -2.37. The van der Waals surface area contributed by atoms with Gasteiger partial charge in [0.2, 0.25) is 0 Å². The summed E-state index contributed by atoms with van der Waals surface area (Å²) in [4.78, 5) is 29.1. The van der Waals surface area contributed by atoms with Gasteiger partial charge in [0.25, 0.3) is 0 Å². The summed E-state index contributed by atoms with van der Waals surface area (Å²) in [6.45, 7) is 1.46. The molecule has 0 unspecified atom stereocenters. The molecule has 0 spiro atoms. The van der Waals surface area contributed by atoms with Gasteiger partial charge in [-0.15, -0.1) is 10.2 Å². The van der Waals surface area contributed by atoms with E-state index < -0.39 is 5.91 Å². The Balaban J connectivity index is 1.21. The minimum atomic E-state index is -0.425. The second-order valence-corrected chi connectivity index (χ2v) is 9.23. The van der Waals surface area contributed by atoms with Gasteiger partial charge in [0, 0.05) is 24.7 Å². The molecule has 158 valence electrons. The molecule has 2 fully saturated rings. The van der Waals surface area contributed by atoms with Gasteiger partial charge in [-0.25, -0.2) is 0 Å². The van der Waals surface area contributed by atoms with Gasteiger partial charge in [0.1, 0.15) is 10.0 Å². The molecule has 1 aliphatic heterocycles. The van der Waals surface area contributed by atoms with Crippen LogP contribution >= 0.6 is 11.3 Å². The minimum Gasteiger partial charge on any atom is -0.330 e. The van der Waals surface area contributed by atoms with Crippen molar-refractivity contribution in [2.45, 2.75) is 37.8 Å². The second-order valence-electron chi connectivity index (χ2n) is 8.17. The first-order valence-electron chi connectivity index (χ1n) is 10.7. The van der Waals surface area contributed by atoms with Gasteiger partial charge < -0.3 is 9.80 Å². The van der Waals surface area contributed by atoms with Crippen molar-refractivity contribution >= 4 is 23.2 Å². The summed E-state index contributed by atoms with van der Waals surface area (Å²) in [7, 11) is 0. The van der Waals surface area contributed by atoms with Crippen LogP contribution in [0.3, 0.4) is 0 Å². The molecule has 3 aromatic rings. The molecule has 7 heteroatoms.